The van der Waals surface area contributed by atoms with Gasteiger partial charge in [-0.1, -0.05) is 38.5 Å². The molecule has 0 aromatic rings. The van der Waals surface area contributed by atoms with E-state index in [4.69, 9.17) is 0 Å². The van der Waals surface area contributed by atoms with E-state index >= 15 is 0 Å². The molecule has 2 aliphatic carbocycles. The van der Waals surface area contributed by atoms with Crippen molar-refractivity contribution in [3.8, 4) is 0 Å². The number of Topliss-reactive ketones (excluding diaryl/α,β-unsaturated/α-hetero) is 2. The van der Waals surface area contributed by atoms with Gasteiger partial charge in [-0.15, -0.1) is 0 Å². The third kappa shape index (κ3) is 5.79. The van der Waals surface area contributed by atoms with Crippen LogP contribution < -0.4 is 0 Å². The molecular formula is C16H28O2. The van der Waals surface area contributed by atoms with Gasteiger partial charge in [0, 0.05) is 11.8 Å². The number of carbonyl (C=O) groups is 2. The van der Waals surface area contributed by atoms with E-state index in [2.05, 4.69) is 0 Å². The van der Waals surface area contributed by atoms with Crippen molar-refractivity contribution in [2.75, 3.05) is 0 Å². The van der Waals surface area contributed by atoms with Gasteiger partial charge in [-0.05, 0) is 39.5 Å². The van der Waals surface area contributed by atoms with Gasteiger partial charge in [-0.3, -0.25) is 9.59 Å². The van der Waals surface area contributed by atoms with Crippen LogP contribution in [0.3, 0.4) is 0 Å². The second-order valence-corrected chi connectivity index (χ2v) is 5.89. The minimum atomic E-state index is 0.398. The average molecular weight is 252 g/mol. The lowest BCUT2D eigenvalue weighted by molar-refractivity contribution is -0.122. The monoisotopic (exact) mass is 252 g/mol. The molecule has 2 nitrogen and oxygen atoms in total. The van der Waals surface area contributed by atoms with Gasteiger partial charge in [0.15, 0.2) is 0 Å². The highest BCUT2D eigenvalue weighted by molar-refractivity contribution is 5.78. The first-order valence-electron chi connectivity index (χ1n) is 7.62. The molecule has 0 saturated heterocycles. The van der Waals surface area contributed by atoms with Crippen LogP contribution in [-0.4, -0.2) is 11.6 Å². The first kappa shape index (κ1) is 15.4. The molecule has 0 aromatic heterocycles. The van der Waals surface area contributed by atoms with Gasteiger partial charge in [0.25, 0.3) is 0 Å². The van der Waals surface area contributed by atoms with E-state index in [0.717, 1.165) is 25.7 Å². The molecule has 0 aliphatic heterocycles. The van der Waals surface area contributed by atoms with Gasteiger partial charge >= 0.3 is 0 Å². The van der Waals surface area contributed by atoms with E-state index in [9.17, 15) is 9.59 Å². The average Bonchev–Trinajstić information content (AvgIpc) is 2.41. The fraction of sp³-hybridized carbons (Fsp3) is 0.875. The highest BCUT2D eigenvalue weighted by Crippen LogP contribution is 2.24. The van der Waals surface area contributed by atoms with Crippen LogP contribution in [0.5, 0.6) is 0 Å². The zero-order chi connectivity index (χ0) is 13.4. The predicted octanol–water partition coefficient (Wildman–Crippen LogP) is 4.31. The maximum absolute atomic E-state index is 10.8. The molecule has 0 heterocycles. The van der Waals surface area contributed by atoms with E-state index in [-0.39, 0.29) is 0 Å². The lowest BCUT2D eigenvalue weighted by Crippen LogP contribution is -2.13. The first-order chi connectivity index (χ1) is 8.61. The summed E-state index contributed by atoms with van der Waals surface area (Å²) >= 11 is 0. The van der Waals surface area contributed by atoms with E-state index < -0.39 is 0 Å². The lowest BCUT2D eigenvalue weighted by Gasteiger charge is -2.17. The number of rotatable bonds is 2. The highest BCUT2D eigenvalue weighted by Gasteiger charge is 2.17. The Labute approximate surface area is 112 Å². The Bertz CT molecular complexity index is 230. The molecule has 2 saturated carbocycles. The summed E-state index contributed by atoms with van der Waals surface area (Å²) in [6.07, 6.45) is 12.3. The van der Waals surface area contributed by atoms with E-state index in [0.29, 0.717) is 23.4 Å². The van der Waals surface area contributed by atoms with Crippen molar-refractivity contribution in [3.05, 3.63) is 0 Å². The Morgan fingerprint density at radius 1 is 0.611 bits per heavy atom. The molecule has 0 spiro atoms. The Morgan fingerprint density at radius 2 is 0.889 bits per heavy atom. The standard InChI is InChI=1S/2C8H14O/c2*1-7(9)8-5-3-2-4-6-8/h2*8H,2-6H2,1H3. The smallest absolute Gasteiger partial charge is 0.132 e. The van der Waals surface area contributed by atoms with Crippen molar-refractivity contribution in [2.24, 2.45) is 11.8 Å². The molecule has 2 heteroatoms. The van der Waals surface area contributed by atoms with Crippen LogP contribution in [0.25, 0.3) is 0 Å². The molecule has 0 aromatic carbocycles. The highest BCUT2D eigenvalue weighted by atomic mass is 16.1. The van der Waals surface area contributed by atoms with Gasteiger partial charge in [-0.25, -0.2) is 0 Å². The Kier molecular flexibility index (Phi) is 7.22. The molecule has 0 bridgehead atoms. The Morgan fingerprint density at radius 3 is 1.06 bits per heavy atom. The van der Waals surface area contributed by atoms with E-state index in [1.54, 1.807) is 13.8 Å². The van der Waals surface area contributed by atoms with Crippen LogP contribution in [0, 0.1) is 11.8 Å². The third-order valence-electron chi connectivity index (χ3n) is 4.36. The second-order valence-electron chi connectivity index (χ2n) is 5.89. The topological polar surface area (TPSA) is 34.1 Å². The summed E-state index contributed by atoms with van der Waals surface area (Å²) in [5.41, 5.74) is 0. The van der Waals surface area contributed by atoms with Crippen molar-refractivity contribution >= 4 is 11.6 Å². The molecule has 0 radical (unpaired) electrons. The summed E-state index contributed by atoms with van der Waals surface area (Å²) in [7, 11) is 0. The maximum atomic E-state index is 10.8. The van der Waals surface area contributed by atoms with Crippen LogP contribution >= 0.6 is 0 Å². The molecule has 2 rings (SSSR count). The minimum absolute atomic E-state index is 0.398. The van der Waals surface area contributed by atoms with Crippen molar-refractivity contribution in [1.82, 2.24) is 0 Å². The summed E-state index contributed by atoms with van der Waals surface area (Å²) in [5, 5.41) is 0. The molecule has 0 amide bonds. The van der Waals surface area contributed by atoms with Gasteiger partial charge in [-0.2, -0.15) is 0 Å². The van der Waals surface area contributed by atoms with Crippen LogP contribution in [0.1, 0.15) is 78.1 Å². The number of ketones is 2. The van der Waals surface area contributed by atoms with Gasteiger partial charge in [0.05, 0.1) is 0 Å². The first-order valence-corrected chi connectivity index (χ1v) is 7.62. The van der Waals surface area contributed by atoms with Crippen LogP contribution in [0.4, 0.5) is 0 Å². The van der Waals surface area contributed by atoms with Gasteiger partial charge in [0.2, 0.25) is 0 Å². The normalized spacial score (nSPS) is 21.9. The number of hydrogen-bond donors (Lipinski definition) is 0. The summed E-state index contributed by atoms with van der Waals surface area (Å²) in [4.78, 5) is 21.6. The van der Waals surface area contributed by atoms with Crippen LogP contribution in [-0.2, 0) is 9.59 Å². The third-order valence-corrected chi connectivity index (χ3v) is 4.36. The van der Waals surface area contributed by atoms with Gasteiger partial charge in [0.1, 0.15) is 11.6 Å². The summed E-state index contributed by atoms with van der Waals surface area (Å²) in [6, 6.07) is 0. The number of carbonyl (C=O) groups excluding carboxylic acids is 2. The van der Waals surface area contributed by atoms with Crippen LogP contribution in [0.2, 0.25) is 0 Å². The molecule has 2 aliphatic rings. The molecule has 0 N–H and O–H groups in total. The summed E-state index contributed by atoms with van der Waals surface area (Å²) in [6.45, 7) is 3.44. The van der Waals surface area contributed by atoms with Crippen molar-refractivity contribution in [2.45, 2.75) is 78.1 Å². The fourth-order valence-corrected chi connectivity index (χ4v) is 3.02. The zero-order valence-corrected chi connectivity index (χ0v) is 12.0. The number of hydrogen-bond acceptors (Lipinski definition) is 2. The Hall–Kier alpha value is -0.660. The summed E-state index contributed by atoms with van der Waals surface area (Å²) < 4.78 is 0. The van der Waals surface area contributed by atoms with E-state index in [1.165, 1.54) is 38.5 Å². The van der Waals surface area contributed by atoms with Crippen molar-refractivity contribution in [1.29, 1.82) is 0 Å². The molecule has 2 fully saturated rings. The van der Waals surface area contributed by atoms with Crippen molar-refractivity contribution in [3.63, 3.8) is 0 Å². The van der Waals surface area contributed by atoms with Crippen molar-refractivity contribution < 1.29 is 9.59 Å². The Balaban J connectivity index is 0.000000180. The molecular weight excluding hydrogens is 224 g/mol. The van der Waals surface area contributed by atoms with Gasteiger partial charge < -0.3 is 0 Å². The molecule has 0 atom stereocenters. The molecule has 0 unspecified atom stereocenters. The zero-order valence-electron chi connectivity index (χ0n) is 12.0. The lowest BCUT2D eigenvalue weighted by atomic mass is 9.87. The predicted molar refractivity (Wildman–Crippen MR) is 74.5 cm³/mol. The van der Waals surface area contributed by atoms with E-state index in [1.807, 2.05) is 0 Å². The summed E-state index contributed by atoms with van der Waals surface area (Å²) in [5.74, 6) is 1.63. The van der Waals surface area contributed by atoms with Crippen LogP contribution in [0.15, 0.2) is 0 Å². The minimum Gasteiger partial charge on any atom is -0.300 e. The molecule has 104 valence electrons. The maximum Gasteiger partial charge on any atom is 0.132 e. The fourth-order valence-electron chi connectivity index (χ4n) is 3.02. The largest absolute Gasteiger partial charge is 0.300 e. The SMILES string of the molecule is CC(=O)C1CCCCC1.CC(=O)C1CCCCC1. The molecule has 18 heavy (non-hydrogen) atoms. The second kappa shape index (κ2) is 8.44. The quantitative estimate of drug-likeness (QED) is 0.733.